The molecule has 0 aliphatic heterocycles. The van der Waals surface area contributed by atoms with Gasteiger partial charge in [-0.1, -0.05) is 18.2 Å². The first-order valence-corrected chi connectivity index (χ1v) is 5.00. The lowest BCUT2D eigenvalue weighted by molar-refractivity contribution is 0.417. The highest BCUT2D eigenvalue weighted by atomic mass is 35.5. The largest absolute Gasteiger partial charge is 0.495 e. The lowest BCUT2D eigenvalue weighted by atomic mass is 10.0. The van der Waals surface area contributed by atoms with Crippen LogP contribution in [-0.2, 0) is 0 Å². The number of hydrogen-bond acceptors (Lipinski definition) is 3. The first kappa shape index (κ1) is 13.2. The Labute approximate surface area is 107 Å². The highest BCUT2D eigenvalue weighted by molar-refractivity contribution is 5.85. The van der Waals surface area contributed by atoms with Crippen LogP contribution >= 0.6 is 12.4 Å². The monoisotopic (exact) mass is 250 g/mol. The molecule has 2 aromatic carbocycles. The van der Waals surface area contributed by atoms with E-state index in [-0.39, 0.29) is 12.4 Å². The summed E-state index contributed by atoms with van der Waals surface area (Å²) in [6.45, 7) is 0. The molecular weight excluding hydrogens is 236 g/mol. The van der Waals surface area contributed by atoms with Gasteiger partial charge in [-0.2, -0.15) is 0 Å². The minimum Gasteiger partial charge on any atom is -0.495 e. The molecule has 0 fully saturated rings. The summed E-state index contributed by atoms with van der Waals surface area (Å²) in [4.78, 5) is 0. The normalized spacial score (nSPS) is 9.47. The van der Waals surface area contributed by atoms with Crippen molar-refractivity contribution in [3.8, 4) is 16.9 Å². The van der Waals surface area contributed by atoms with Crippen molar-refractivity contribution < 1.29 is 4.74 Å². The maximum atomic E-state index is 5.76. The van der Waals surface area contributed by atoms with E-state index >= 15 is 0 Å². The van der Waals surface area contributed by atoms with Gasteiger partial charge in [0.05, 0.1) is 12.8 Å². The van der Waals surface area contributed by atoms with Crippen LogP contribution in [0.3, 0.4) is 0 Å². The summed E-state index contributed by atoms with van der Waals surface area (Å²) in [6, 6.07) is 13.4. The summed E-state index contributed by atoms with van der Waals surface area (Å²) in [5, 5.41) is 0. The fourth-order valence-corrected chi connectivity index (χ4v) is 1.57. The molecule has 2 rings (SSSR count). The summed E-state index contributed by atoms with van der Waals surface area (Å²) in [6.07, 6.45) is 0. The van der Waals surface area contributed by atoms with E-state index in [1.54, 1.807) is 7.11 Å². The smallest absolute Gasteiger partial charge is 0.142 e. The number of benzene rings is 2. The Morgan fingerprint density at radius 2 is 1.47 bits per heavy atom. The van der Waals surface area contributed by atoms with E-state index in [1.807, 2.05) is 42.5 Å². The third-order valence-electron chi connectivity index (χ3n) is 2.48. The molecule has 0 amide bonds. The molecule has 0 radical (unpaired) electrons. The molecule has 0 bridgehead atoms. The van der Waals surface area contributed by atoms with E-state index in [1.165, 1.54) is 0 Å². The lowest BCUT2D eigenvalue weighted by Gasteiger charge is -2.07. The Bertz CT molecular complexity index is 497. The molecule has 0 saturated carbocycles. The van der Waals surface area contributed by atoms with E-state index in [2.05, 4.69) is 0 Å². The summed E-state index contributed by atoms with van der Waals surface area (Å²) in [7, 11) is 1.61. The second kappa shape index (κ2) is 5.46. The molecule has 3 nitrogen and oxygen atoms in total. The third-order valence-corrected chi connectivity index (χ3v) is 2.48. The van der Waals surface area contributed by atoms with E-state index in [9.17, 15) is 0 Å². The standard InChI is InChI=1S/C13H14N2O.ClH/c1-16-13-8-10(4-7-12(13)15)9-2-5-11(14)6-3-9;/h2-8H,14-15H2,1H3;1H. The second-order valence-electron chi connectivity index (χ2n) is 3.58. The summed E-state index contributed by atoms with van der Waals surface area (Å²) < 4.78 is 5.18. The van der Waals surface area contributed by atoms with E-state index in [4.69, 9.17) is 16.2 Å². The van der Waals surface area contributed by atoms with Gasteiger partial charge in [0, 0.05) is 5.69 Å². The Balaban J connectivity index is 0.00000144. The van der Waals surface area contributed by atoms with Crippen LogP contribution in [-0.4, -0.2) is 7.11 Å². The van der Waals surface area contributed by atoms with Gasteiger partial charge in [0.2, 0.25) is 0 Å². The van der Waals surface area contributed by atoms with Crippen molar-refractivity contribution >= 4 is 23.8 Å². The Hall–Kier alpha value is -1.87. The molecule has 17 heavy (non-hydrogen) atoms. The third kappa shape index (κ3) is 2.82. The van der Waals surface area contributed by atoms with Crippen LogP contribution < -0.4 is 16.2 Å². The topological polar surface area (TPSA) is 61.3 Å². The average molecular weight is 251 g/mol. The predicted octanol–water partition coefficient (Wildman–Crippen LogP) is 2.95. The minimum atomic E-state index is 0. The maximum absolute atomic E-state index is 5.76. The Kier molecular flexibility index (Phi) is 4.24. The number of ether oxygens (including phenoxy) is 1. The number of nitrogens with two attached hydrogens (primary N) is 2. The van der Waals surface area contributed by atoms with E-state index in [0.29, 0.717) is 11.4 Å². The van der Waals surface area contributed by atoms with Crippen LogP contribution in [0.5, 0.6) is 5.75 Å². The maximum Gasteiger partial charge on any atom is 0.142 e. The number of nitrogen functional groups attached to an aromatic ring is 2. The Morgan fingerprint density at radius 1 is 0.882 bits per heavy atom. The number of rotatable bonds is 2. The van der Waals surface area contributed by atoms with Gasteiger partial charge < -0.3 is 16.2 Å². The highest BCUT2D eigenvalue weighted by Gasteiger charge is 2.02. The van der Waals surface area contributed by atoms with Crippen molar-refractivity contribution in [1.82, 2.24) is 0 Å². The lowest BCUT2D eigenvalue weighted by Crippen LogP contribution is -1.92. The molecule has 4 N–H and O–H groups in total. The van der Waals surface area contributed by atoms with Gasteiger partial charge in [-0.05, 0) is 35.4 Å². The molecule has 0 spiro atoms. The van der Waals surface area contributed by atoms with Gasteiger partial charge in [0.1, 0.15) is 5.75 Å². The fourth-order valence-electron chi connectivity index (χ4n) is 1.57. The van der Waals surface area contributed by atoms with Crippen molar-refractivity contribution in [1.29, 1.82) is 0 Å². The molecule has 0 aliphatic carbocycles. The van der Waals surface area contributed by atoms with Crippen LogP contribution in [0.4, 0.5) is 11.4 Å². The van der Waals surface area contributed by atoms with Crippen LogP contribution in [0, 0.1) is 0 Å². The molecule has 4 heteroatoms. The van der Waals surface area contributed by atoms with Gasteiger partial charge in [0.15, 0.2) is 0 Å². The number of anilines is 2. The zero-order valence-electron chi connectivity index (χ0n) is 9.51. The zero-order valence-corrected chi connectivity index (χ0v) is 10.3. The molecule has 0 saturated heterocycles. The molecular formula is C13H15ClN2O. The van der Waals surface area contributed by atoms with Crippen LogP contribution in [0.25, 0.3) is 11.1 Å². The molecule has 0 heterocycles. The van der Waals surface area contributed by atoms with Gasteiger partial charge in [0.25, 0.3) is 0 Å². The molecule has 0 unspecified atom stereocenters. The molecule has 2 aromatic rings. The number of halogens is 1. The summed E-state index contributed by atoms with van der Waals surface area (Å²) >= 11 is 0. The molecule has 0 aliphatic rings. The first-order chi connectivity index (χ1) is 7.70. The molecule has 0 aromatic heterocycles. The van der Waals surface area contributed by atoms with Crippen LogP contribution in [0.1, 0.15) is 0 Å². The van der Waals surface area contributed by atoms with Gasteiger partial charge in [-0.3, -0.25) is 0 Å². The average Bonchev–Trinajstić information content (AvgIpc) is 2.31. The van der Waals surface area contributed by atoms with Crippen LogP contribution in [0.15, 0.2) is 42.5 Å². The van der Waals surface area contributed by atoms with Gasteiger partial charge in [-0.15, -0.1) is 12.4 Å². The van der Waals surface area contributed by atoms with Crippen molar-refractivity contribution in [2.45, 2.75) is 0 Å². The van der Waals surface area contributed by atoms with E-state index < -0.39 is 0 Å². The molecule has 0 atom stereocenters. The highest BCUT2D eigenvalue weighted by Crippen LogP contribution is 2.28. The van der Waals surface area contributed by atoms with Gasteiger partial charge in [-0.25, -0.2) is 0 Å². The summed E-state index contributed by atoms with van der Waals surface area (Å²) in [5.41, 5.74) is 14.9. The second-order valence-corrected chi connectivity index (χ2v) is 3.58. The zero-order chi connectivity index (χ0) is 11.5. The fraction of sp³-hybridized carbons (Fsp3) is 0.0769. The number of hydrogen-bond donors (Lipinski definition) is 2. The van der Waals surface area contributed by atoms with E-state index in [0.717, 1.165) is 16.8 Å². The quantitative estimate of drug-likeness (QED) is 0.806. The van der Waals surface area contributed by atoms with Crippen molar-refractivity contribution in [3.05, 3.63) is 42.5 Å². The first-order valence-electron chi connectivity index (χ1n) is 5.00. The van der Waals surface area contributed by atoms with Crippen molar-refractivity contribution in [3.63, 3.8) is 0 Å². The minimum absolute atomic E-state index is 0. The molecule has 90 valence electrons. The predicted molar refractivity (Wildman–Crippen MR) is 74.5 cm³/mol. The van der Waals surface area contributed by atoms with Gasteiger partial charge >= 0.3 is 0 Å². The van der Waals surface area contributed by atoms with Crippen LogP contribution in [0.2, 0.25) is 0 Å². The number of methoxy groups -OCH3 is 1. The SMILES string of the molecule is COc1cc(-c2ccc(N)cc2)ccc1N.Cl. The van der Waals surface area contributed by atoms with Crippen molar-refractivity contribution in [2.75, 3.05) is 18.6 Å². The van der Waals surface area contributed by atoms with Crippen molar-refractivity contribution in [2.24, 2.45) is 0 Å². The summed E-state index contributed by atoms with van der Waals surface area (Å²) in [5.74, 6) is 0.689. The Morgan fingerprint density at radius 3 is 2.06 bits per heavy atom.